The summed E-state index contributed by atoms with van der Waals surface area (Å²) in [6.07, 6.45) is 3.62. The number of halogens is 2. The van der Waals surface area contributed by atoms with Crippen LogP contribution in [0, 0.1) is 0 Å². The average molecular weight is 495 g/mol. The number of likely N-dealkylation sites (tertiary alicyclic amines) is 1. The first-order chi connectivity index (χ1) is 16.2. The Labute approximate surface area is 211 Å². The molecular weight excluding hydrogens is 467 g/mol. The average Bonchev–Trinajstić information content (AvgIpc) is 2.86. The highest BCUT2D eigenvalue weighted by Crippen LogP contribution is 2.28. The van der Waals surface area contributed by atoms with Crippen molar-refractivity contribution in [2.75, 3.05) is 31.1 Å². The Morgan fingerprint density at radius 3 is 2.38 bits per heavy atom. The summed E-state index contributed by atoms with van der Waals surface area (Å²) in [4.78, 5) is 22.3. The summed E-state index contributed by atoms with van der Waals surface area (Å²) in [7, 11) is 0. The van der Waals surface area contributed by atoms with Gasteiger partial charge in [0, 0.05) is 48.6 Å². The highest BCUT2D eigenvalue weighted by molar-refractivity contribution is 6.30. The lowest BCUT2D eigenvalue weighted by atomic mass is 10.0. The highest BCUT2D eigenvalue weighted by Gasteiger charge is 2.22. The summed E-state index contributed by atoms with van der Waals surface area (Å²) >= 11 is 6.28. The van der Waals surface area contributed by atoms with Gasteiger partial charge in [-0.25, -0.2) is 4.98 Å². The highest BCUT2D eigenvalue weighted by atomic mass is 35.5. The summed E-state index contributed by atoms with van der Waals surface area (Å²) < 4.78 is 1.84. The Bertz CT molecular complexity index is 1290. The summed E-state index contributed by atoms with van der Waals surface area (Å²) in [6, 6.07) is 26.2. The molecule has 34 heavy (non-hydrogen) atoms. The van der Waals surface area contributed by atoms with Crippen LogP contribution in [0.2, 0.25) is 5.02 Å². The third-order valence-electron chi connectivity index (χ3n) is 6.47. The van der Waals surface area contributed by atoms with E-state index in [1.165, 1.54) is 0 Å². The van der Waals surface area contributed by atoms with E-state index in [1.54, 1.807) is 6.33 Å². The molecule has 0 spiro atoms. The van der Waals surface area contributed by atoms with Crippen LogP contribution in [0.25, 0.3) is 10.9 Å². The Hall–Kier alpha value is -2.86. The molecule has 2 heterocycles. The van der Waals surface area contributed by atoms with Gasteiger partial charge in [-0.2, -0.15) is 0 Å². The molecule has 7 heteroatoms. The Morgan fingerprint density at radius 2 is 1.62 bits per heavy atom. The Morgan fingerprint density at radius 1 is 0.912 bits per heavy atom. The van der Waals surface area contributed by atoms with Crippen LogP contribution in [0.1, 0.15) is 18.9 Å². The molecule has 5 nitrogen and oxygen atoms in total. The molecule has 0 bridgehead atoms. The van der Waals surface area contributed by atoms with E-state index in [2.05, 4.69) is 45.1 Å². The van der Waals surface area contributed by atoms with Crippen LogP contribution < -0.4 is 10.5 Å². The van der Waals surface area contributed by atoms with Gasteiger partial charge in [0.15, 0.2) is 0 Å². The third-order valence-corrected chi connectivity index (χ3v) is 6.70. The topological polar surface area (TPSA) is 41.4 Å². The maximum Gasteiger partial charge on any atom is 0.261 e. The number of piperidine rings is 1. The van der Waals surface area contributed by atoms with Crippen molar-refractivity contribution in [2.24, 2.45) is 0 Å². The minimum absolute atomic E-state index is 0. The number of hydrogen-bond donors (Lipinski definition) is 0. The van der Waals surface area contributed by atoms with Crippen molar-refractivity contribution in [2.45, 2.75) is 18.9 Å². The van der Waals surface area contributed by atoms with E-state index in [0.717, 1.165) is 60.9 Å². The van der Waals surface area contributed by atoms with E-state index in [-0.39, 0.29) is 24.0 Å². The third kappa shape index (κ3) is 5.27. The van der Waals surface area contributed by atoms with Crippen molar-refractivity contribution >= 4 is 46.3 Å². The van der Waals surface area contributed by atoms with Crippen molar-refractivity contribution in [3.63, 3.8) is 0 Å². The molecular formula is C27H28Cl2N4O. The SMILES string of the molecule is Cl.O=c1c2ccccc2ncn1C1CCN(CCN(c2ccccc2)c2cccc(Cl)c2)CC1. The first kappa shape index (κ1) is 24.3. The van der Waals surface area contributed by atoms with Gasteiger partial charge in [0.25, 0.3) is 5.56 Å². The van der Waals surface area contributed by atoms with Gasteiger partial charge in [0.05, 0.1) is 17.2 Å². The molecule has 1 fully saturated rings. The van der Waals surface area contributed by atoms with Crippen LogP contribution in [0.5, 0.6) is 0 Å². The fourth-order valence-corrected chi connectivity index (χ4v) is 4.85. The molecule has 3 aromatic carbocycles. The lowest BCUT2D eigenvalue weighted by molar-refractivity contribution is 0.188. The summed E-state index contributed by atoms with van der Waals surface area (Å²) in [5.41, 5.74) is 3.08. The maximum absolute atomic E-state index is 13.0. The van der Waals surface area contributed by atoms with E-state index in [9.17, 15) is 4.79 Å². The van der Waals surface area contributed by atoms with Crippen molar-refractivity contribution in [1.29, 1.82) is 0 Å². The second-order valence-electron chi connectivity index (χ2n) is 8.51. The van der Waals surface area contributed by atoms with Gasteiger partial charge in [0.1, 0.15) is 0 Å². The van der Waals surface area contributed by atoms with Crippen molar-refractivity contribution in [1.82, 2.24) is 14.5 Å². The first-order valence-corrected chi connectivity index (χ1v) is 11.8. The maximum atomic E-state index is 13.0. The van der Waals surface area contributed by atoms with Gasteiger partial charge in [-0.1, -0.05) is 48.0 Å². The zero-order chi connectivity index (χ0) is 22.6. The fourth-order valence-electron chi connectivity index (χ4n) is 4.66. The molecule has 1 aromatic heterocycles. The molecule has 1 saturated heterocycles. The molecule has 0 atom stereocenters. The Balaban J connectivity index is 0.00000274. The quantitative estimate of drug-likeness (QED) is 0.332. The van der Waals surface area contributed by atoms with Crippen LogP contribution in [0.3, 0.4) is 0 Å². The van der Waals surface area contributed by atoms with Gasteiger partial charge in [0.2, 0.25) is 0 Å². The number of nitrogens with zero attached hydrogens (tertiary/aromatic N) is 4. The molecule has 0 unspecified atom stereocenters. The van der Waals surface area contributed by atoms with Crippen LogP contribution in [0.15, 0.2) is 90.0 Å². The lowest BCUT2D eigenvalue weighted by Gasteiger charge is -2.34. The monoisotopic (exact) mass is 494 g/mol. The van der Waals surface area contributed by atoms with Crippen molar-refractivity contribution in [3.8, 4) is 0 Å². The number of hydrogen-bond acceptors (Lipinski definition) is 4. The summed E-state index contributed by atoms with van der Waals surface area (Å²) in [5, 5.41) is 1.44. The fraction of sp³-hybridized carbons (Fsp3) is 0.259. The summed E-state index contributed by atoms with van der Waals surface area (Å²) in [5.74, 6) is 0. The van der Waals surface area contributed by atoms with Crippen molar-refractivity contribution in [3.05, 3.63) is 101 Å². The standard InChI is InChI=1S/C27H27ClN4O.ClH/c28-21-7-6-10-24(19-21)31(22-8-2-1-3-9-22)18-17-30-15-13-23(14-16-30)32-20-29-26-12-5-4-11-25(26)27(32)33;/h1-12,19-20,23H,13-18H2;1H. The number of rotatable bonds is 6. The van der Waals surface area contributed by atoms with Gasteiger partial charge >= 0.3 is 0 Å². The van der Waals surface area contributed by atoms with E-state index in [4.69, 9.17) is 11.6 Å². The predicted molar refractivity (Wildman–Crippen MR) is 143 cm³/mol. The van der Waals surface area contributed by atoms with Gasteiger partial charge in [-0.15, -0.1) is 12.4 Å². The van der Waals surface area contributed by atoms with Gasteiger partial charge in [-0.3, -0.25) is 9.36 Å². The largest absolute Gasteiger partial charge is 0.340 e. The number of benzene rings is 3. The molecule has 0 amide bonds. The smallest absolute Gasteiger partial charge is 0.261 e. The molecule has 1 aliphatic rings. The minimum atomic E-state index is 0. The molecule has 1 aliphatic heterocycles. The summed E-state index contributed by atoms with van der Waals surface area (Å²) in [6.45, 7) is 3.73. The van der Waals surface area contributed by atoms with Crippen LogP contribution in [-0.2, 0) is 0 Å². The minimum Gasteiger partial charge on any atom is -0.340 e. The molecule has 0 aliphatic carbocycles. The molecule has 0 saturated carbocycles. The van der Waals surface area contributed by atoms with Gasteiger partial charge in [-0.05, 0) is 55.3 Å². The van der Waals surface area contributed by atoms with E-state index in [0.29, 0.717) is 5.39 Å². The van der Waals surface area contributed by atoms with Crippen LogP contribution >= 0.6 is 24.0 Å². The molecule has 0 radical (unpaired) electrons. The Kier molecular flexibility index (Phi) is 7.88. The van der Waals surface area contributed by atoms with Crippen LogP contribution in [-0.4, -0.2) is 40.6 Å². The zero-order valence-electron chi connectivity index (χ0n) is 18.9. The normalized spacial score (nSPS) is 14.6. The predicted octanol–water partition coefficient (Wildman–Crippen LogP) is 5.95. The second kappa shape index (κ2) is 11.0. The van der Waals surface area contributed by atoms with E-state index < -0.39 is 0 Å². The lowest BCUT2D eigenvalue weighted by Crippen LogP contribution is -2.40. The molecule has 4 aromatic rings. The number of anilines is 2. The molecule has 0 N–H and O–H groups in total. The first-order valence-electron chi connectivity index (χ1n) is 11.5. The van der Waals surface area contributed by atoms with Gasteiger partial charge < -0.3 is 9.80 Å². The molecule has 176 valence electrons. The zero-order valence-corrected chi connectivity index (χ0v) is 20.5. The second-order valence-corrected chi connectivity index (χ2v) is 8.95. The van der Waals surface area contributed by atoms with E-state index in [1.807, 2.05) is 53.1 Å². The van der Waals surface area contributed by atoms with Crippen molar-refractivity contribution < 1.29 is 0 Å². The number of fused-ring (bicyclic) bond motifs is 1. The number of aromatic nitrogens is 2. The number of para-hydroxylation sites is 2. The molecule has 5 rings (SSSR count). The van der Waals surface area contributed by atoms with E-state index >= 15 is 0 Å². The van der Waals surface area contributed by atoms with Crippen LogP contribution in [0.4, 0.5) is 11.4 Å².